The summed E-state index contributed by atoms with van der Waals surface area (Å²) in [5, 5.41) is 6.16. The lowest BCUT2D eigenvalue weighted by Gasteiger charge is -2.25. The zero-order valence-electron chi connectivity index (χ0n) is 14.8. The van der Waals surface area contributed by atoms with Gasteiger partial charge in [0, 0.05) is 39.8 Å². The number of rotatable bonds is 4. The molecule has 0 spiro atoms. The van der Waals surface area contributed by atoms with Gasteiger partial charge in [-0.15, -0.1) is 11.3 Å². The van der Waals surface area contributed by atoms with Crippen molar-refractivity contribution in [2.75, 3.05) is 23.3 Å². The summed E-state index contributed by atoms with van der Waals surface area (Å²) in [4.78, 5) is 19.7. The maximum atomic E-state index is 12.5. The number of aromatic nitrogens is 1. The Hall–Kier alpha value is -2.18. The minimum Gasteiger partial charge on any atom is -0.348 e. The van der Waals surface area contributed by atoms with Gasteiger partial charge < -0.3 is 10.2 Å². The fourth-order valence-corrected chi connectivity index (χ4v) is 4.50. The minimum absolute atomic E-state index is 0.124. The molecule has 4 nitrogen and oxygen atoms in total. The fraction of sp³-hybridized carbons (Fsp3) is 0.238. The molecule has 0 aliphatic carbocycles. The van der Waals surface area contributed by atoms with Crippen LogP contribution in [0.5, 0.6) is 0 Å². The van der Waals surface area contributed by atoms with Crippen LogP contribution in [0.1, 0.15) is 29.6 Å². The normalized spacial score (nSPS) is 14.2. The zero-order chi connectivity index (χ0) is 18.6. The topological polar surface area (TPSA) is 45.2 Å². The van der Waals surface area contributed by atoms with E-state index in [-0.39, 0.29) is 5.91 Å². The van der Waals surface area contributed by atoms with Gasteiger partial charge in [0.1, 0.15) is 0 Å². The molecule has 0 bridgehead atoms. The summed E-state index contributed by atoms with van der Waals surface area (Å²) < 4.78 is 0.886. The maximum absolute atomic E-state index is 12.5. The number of piperidine rings is 1. The minimum atomic E-state index is -0.124. The van der Waals surface area contributed by atoms with Crippen LogP contribution in [0.25, 0.3) is 11.3 Å². The van der Waals surface area contributed by atoms with Crippen molar-refractivity contribution in [1.82, 2.24) is 4.98 Å². The van der Waals surface area contributed by atoms with Crippen LogP contribution < -0.4 is 10.2 Å². The first kappa shape index (κ1) is 18.2. The van der Waals surface area contributed by atoms with Crippen LogP contribution in [0, 0.1) is 0 Å². The third-order valence-electron chi connectivity index (χ3n) is 4.62. The van der Waals surface area contributed by atoms with Crippen molar-refractivity contribution in [2.24, 2.45) is 0 Å². The van der Waals surface area contributed by atoms with Crippen molar-refractivity contribution in [3.05, 3.63) is 63.9 Å². The second kappa shape index (κ2) is 8.23. The number of halogens is 1. The van der Waals surface area contributed by atoms with E-state index in [1.165, 1.54) is 19.3 Å². The largest absolute Gasteiger partial charge is 0.348 e. The van der Waals surface area contributed by atoms with Gasteiger partial charge >= 0.3 is 0 Å². The van der Waals surface area contributed by atoms with Crippen LogP contribution in [-0.4, -0.2) is 24.0 Å². The quantitative estimate of drug-likeness (QED) is 0.554. The Labute approximate surface area is 171 Å². The third kappa shape index (κ3) is 4.39. The highest BCUT2D eigenvalue weighted by Crippen LogP contribution is 2.30. The van der Waals surface area contributed by atoms with Gasteiger partial charge in [-0.05, 0) is 49.6 Å². The molecule has 1 aromatic heterocycles. The molecule has 1 saturated heterocycles. The van der Waals surface area contributed by atoms with Gasteiger partial charge in [0.2, 0.25) is 0 Å². The summed E-state index contributed by atoms with van der Waals surface area (Å²) in [6.45, 7) is 2.19. The lowest BCUT2D eigenvalue weighted by molar-refractivity contribution is 0.102. The Balaban J connectivity index is 1.51. The molecular weight excluding hydrogens is 422 g/mol. The molecule has 6 heteroatoms. The molecule has 4 rings (SSSR count). The summed E-state index contributed by atoms with van der Waals surface area (Å²) in [7, 11) is 0. The van der Waals surface area contributed by atoms with Crippen molar-refractivity contribution in [3.63, 3.8) is 0 Å². The molecule has 2 aromatic carbocycles. The van der Waals surface area contributed by atoms with Gasteiger partial charge in [-0.25, -0.2) is 4.98 Å². The molecule has 1 fully saturated rings. The molecule has 1 amide bonds. The van der Waals surface area contributed by atoms with E-state index in [4.69, 9.17) is 4.98 Å². The lowest BCUT2D eigenvalue weighted by atomic mass is 10.1. The first-order chi connectivity index (χ1) is 13.2. The Morgan fingerprint density at radius 2 is 1.89 bits per heavy atom. The van der Waals surface area contributed by atoms with E-state index in [1.54, 1.807) is 17.4 Å². The van der Waals surface area contributed by atoms with E-state index in [2.05, 4.69) is 31.5 Å². The first-order valence-electron chi connectivity index (χ1n) is 9.07. The molecule has 1 N–H and O–H groups in total. The summed E-state index contributed by atoms with van der Waals surface area (Å²) in [5.41, 5.74) is 3.36. The van der Waals surface area contributed by atoms with E-state index in [0.29, 0.717) is 5.56 Å². The van der Waals surface area contributed by atoms with Gasteiger partial charge in [-0.1, -0.05) is 34.1 Å². The smallest absolute Gasteiger partial charge is 0.255 e. The summed E-state index contributed by atoms with van der Waals surface area (Å²) in [5.74, 6) is -0.124. The molecule has 3 aromatic rings. The molecule has 138 valence electrons. The molecule has 27 heavy (non-hydrogen) atoms. The number of carbonyl (C=O) groups is 1. The Kier molecular flexibility index (Phi) is 5.55. The monoisotopic (exact) mass is 441 g/mol. The van der Waals surface area contributed by atoms with Crippen LogP contribution >= 0.6 is 27.3 Å². The molecule has 0 unspecified atom stereocenters. The number of hydrogen-bond donors (Lipinski definition) is 1. The molecular formula is C21H20BrN3OS. The summed E-state index contributed by atoms with van der Waals surface area (Å²) in [6, 6.07) is 15.2. The fourth-order valence-electron chi connectivity index (χ4n) is 3.22. The maximum Gasteiger partial charge on any atom is 0.255 e. The van der Waals surface area contributed by atoms with Crippen molar-refractivity contribution in [2.45, 2.75) is 19.3 Å². The molecule has 0 radical (unpaired) electrons. The van der Waals surface area contributed by atoms with Crippen molar-refractivity contribution in [3.8, 4) is 11.3 Å². The number of thiazole rings is 1. The summed E-state index contributed by atoms with van der Waals surface area (Å²) in [6.07, 6.45) is 3.80. The van der Waals surface area contributed by atoms with Crippen LogP contribution in [0.4, 0.5) is 10.8 Å². The number of anilines is 2. The van der Waals surface area contributed by atoms with Crippen LogP contribution in [0.15, 0.2) is 58.4 Å². The van der Waals surface area contributed by atoms with Gasteiger partial charge in [0.25, 0.3) is 5.91 Å². The number of amides is 1. The van der Waals surface area contributed by atoms with Crippen molar-refractivity contribution < 1.29 is 4.79 Å². The van der Waals surface area contributed by atoms with Gasteiger partial charge in [0.05, 0.1) is 5.69 Å². The van der Waals surface area contributed by atoms with Gasteiger partial charge in [-0.3, -0.25) is 4.79 Å². The highest BCUT2D eigenvalue weighted by Gasteiger charge is 2.15. The Morgan fingerprint density at radius 1 is 1.07 bits per heavy atom. The molecule has 2 heterocycles. The molecule has 1 aliphatic rings. The molecule has 1 aliphatic heterocycles. The number of nitrogens with one attached hydrogen (secondary N) is 1. The second-order valence-electron chi connectivity index (χ2n) is 6.61. The average Bonchev–Trinajstić information content (AvgIpc) is 3.19. The SMILES string of the molecule is O=C(Nc1cccc(-c2csc(N3CCCCC3)n2)c1)c1cccc(Br)c1. The molecule has 0 saturated carbocycles. The highest BCUT2D eigenvalue weighted by molar-refractivity contribution is 9.10. The zero-order valence-corrected chi connectivity index (χ0v) is 17.2. The Morgan fingerprint density at radius 3 is 2.70 bits per heavy atom. The highest BCUT2D eigenvalue weighted by atomic mass is 79.9. The second-order valence-corrected chi connectivity index (χ2v) is 8.36. The molecule has 0 atom stereocenters. The van der Waals surface area contributed by atoms with E-state index in [1.807, 2.05) is 42.5 Å². The number of benzene rings is 2. The third-order valence-corrected chi connectivity index (χ3v) is 6.02. The van der Waals surface area contributed by atoms with E-state index in [9.17, 15) is 4.79 Å². The van der Waals surface area contributed by atoms with E-state index in [0.717, 1.165) is 39.6 Å². The first-order valence-corrected chi connectivity index (χ1v) is 10.7. The van der Waals surface area contributed by atoms with Gasteiger partial charge in [-0.2, -0.15) is 0 Å². The van der Waals surface area contributed by atoms with Crippen LogP contribution in [-0.2, 0) is 0 Å². The standard InChI is InChI=1S/C21H20BrN3OS/c22-17-8-4-7-16(12-17)20(26)23-18-9-5-6-15(13-18)19-14-27-21(24-19)25-10-2-1-3-11-25/h4-9,12-14H,1-3,10-11H2,(H,23,26). The van der Waals surface area contributed by atoms with E-state index >= 15 is 0 Å². The van der Waals surface area contributed by atoms with Crippen molar-refractivity contribution >= 4 is 44.0 Å². The van der Waals surface area contributed by atoms with Crippen molar-refractivity contribution in [1.29, 1.82) is 0 Å². The Bertz CT molecular complexity index is 950. The number of nitrogens with zero attached hydrogens (tertiary/aromatic N) is 2. The lowest BCUT2D eigenvalue weighted by Crippen LogP contribution is -2.29. The van der Waals surface area contributed by atoms with Gasteiger partial charge in [0.15, 0.2) is 5.13 Å². The average molecular weight is 442 g/mol. The van der Waals surface area contributed by atoms with Crippen LogP contribution in [0.3, 0.4) is 0 Å². The predicted octanol–water partition coefficient (Wildman–Crippen LogP) is 5.82. The number of carbonyl (C=O) groups excluding carboxylic acids is 1. The number of hydrogen-bond acceptors (Lipinski definition) is 4. The van der Waals surface area contributed by atoms with Crippen LogP contribution in [0.2, 0.25) is 0 Å². The summed E-state index contributed by atoms with van der Waals surface area (Å²) >= 11 is 5.09. The predicted molar refractivity (Wildman–Crippen MR) is 116 cm³/mol. The van der Waals surface area contributed by atoms with E-state index < -0.39 is 0 Å².